The number of hydrogen-bond acceptors (Lipinski definition) is 5. The average molecular weight is 252 g/mol. The Labute approximate surface area is 107 Å². The summed E-state index contributed by atoms with van der Waals surface area (Å²) in [5.74, 6) is 0.669. The summed E-state index contributed by atoms with van der Waals surface area (Å²) >= 11 is 0. The molecule has 6 nitrogen and oxygen atoms in total. The second-order valence-corrected chi connectivity index (χ2v) is 5.28. The number of ether oxygens (including phenoxy) is 2. The van der Waals surface area contributed by atoms with Crippen LogP contribution in [-0.4, -0.2) is 51.8 Å². The van der Waals surface area contributed by atoms with E-state index in [1.807, 2.05) is 4.68 Å². The zero-order chi connectivity index (χ0) is 12.6. The highest BCUT2D eigenvalue weighted by atomic mass is 16.7. The van der Waals surface area contributed by atoms with E-state index in [9.17, 15) is 0 Å². The van der Waals surface area contributed by atoms with E-state index in [4.69, 9.17) is 9.47 Å². The molecule has 3 rings (SSSR count). The lowest BCUT2D eigenvalue weighted by atomic mass is 10.2. The van der Waals surface area contributed by atoms with Crippen molar-refractivity contribution in [1.82, 2.24) is 19.7 Å². The third-order valence-electron chi connectivity index (χ3n) is 3.59. The van der Waals surface area contributed by atoms with Crippen molar-refractivity contribution in [3.8, 4) is 0 Å². The van der Waals surface area contributed by atoms with E-state index >= 15 is 0 Å². The van der Waals surface area contributed by atoms with Gasteiger partial charge in [0, 0.05) is 19.0 Å². The van der Waals surface area contributed by atoms with Gasteiger partial charge in [-0.05, 0) is 13.8 Å². The van der Waals surface area contributed by atoms with Crippen LogP contribution < -0.4 is 0 Å². The molecule has 2 saturated heterocycles. The molecule has 0 aromatic carbocycles. The van der Waals surface area contributed by atoms with E-state index in [0.717, 1.165) is 45.1 Å². The first-order valence-corrected chi connectivity index (χ1v) is 6.57. The van der Waals surface area contributed by atoms with Gasteiger partial charge in [0.2, 0.25) is 0 Å². The molecule has 0 aliphatic carbocycles. The van der Waals surface area contributed by atoms with Crippen molar-refractivity contribution < 1.29 is 9.47 Å². The normalized spacial score (nSPS) is 23.5. The van der Waals surface area contributed by atoms with E-state index in [2.05, 4.69) is 28.8 Å². The number of aromatic nitrogens is 3. The molecule has 1 aromatic heterocycles. The molecule has 0 atom stereocenters. The minimum Gasteiger partial charge on any atom is -0.346 e. The maximum absolute atomic E-state index is 5.72. The van der Waals surface area contributed by atoms with Crippen LogP contribution in [0.1, 0.15) is 32.1 Å². The molecule has 0 radical (unpaired) electrons. The Bertz CT molecular complexity index is 412. The number of nitrogens with zero attached hydrogens (tertiary/aromatic N) is 4. The van der Waals surface area contributed by atoms with Gasteiger partial charge in [-0.1, -0.05) is 0 Å². The third-order valence-corrected chi connectivity index (χ3v) is 3.59. The van der Waals surface area contributed by atoms with Gasteiger partial charge in [0.25, 0.3) is 0 Å². The fraction of sp³-hybridized carbons (Fsp3) is 0.833. The lowest BCUT2D eigenvalue weighted by molar-refractivity contribution is -0.145. The fourth-order valence-electron chi connectivity index (χ4n) is 2.71. The summed E-state index contributed by atoms with van der Waals surface area (Å²) in [7, 11) is 0. The van der Waals surface area contributed by atoms with E-state index in [1.165, 1.54) is 0 Å². The van der Waals surface area contributed by atoms with Crippen LogP contribution in [0, 0.1) is 0 Å². The highest BCUT2D eigenvalue weighted by Crippen LogP contribution is 2.31. The summed E-state index contributed by atoms with van der Waals surface area (Å²) in [5, 5.41) is 4.26. The predicted octanol–water partition coefficient (Wildman–Crippen LogP) is 0.808. The van der Waals surface area contributed by atoms with Crippen molar-refractivity contribution in [2.75, 3.05) is 26.3 Å². The van der Waals surface area contributed by atoms with Gasteiger partial charge < -0.3 is 9.47 Å². The molecule has 0 N–H and O–H groups in total. The van der Waals surface area contributed by atoms with Crippen LogP contribution in [0.2, 0.25) is 0 Å². The van der Waals surface area contributed by atoms with E-state index < -0.39 is 0 Å². The minimum absolute atomic E-state index is 0.345. The van der Waals surface area contributed by atoms with Gasteiger partial charge in [-0.15, -0.1) is 0 Å². The molecule has 0 saturated carbocycles. The molecule has 2 aliphatic heterocycles. The quantitative estimate of drug-likeness (QED) is 0.796. The largest absolute Gasteiger partial charge is 0.346 e. The monoisotopic (exact) mass is 252 g/mol. The Balaban J connectivity index is 1.65. The van der Waals surface area contributed by atoms with Crippen LogP contribution in [0.15, 0.2) is 6.33 Å². The molecule has 0 bridgehead atoms. The molecule has 2 aliphatic rings. The lowest BCUT2D eigenvalue weighted by Crippen LogP contribution is -2.34. The zero-order valence-electron chi connectivity index (χ0n) is 11.0. The molecule has 6 heteroatoms. The second kappa shape index (κ2) is 4.60. The topological polar surface area (TPSA) is 52.4 Å². The van der Waals surface area contributed by atoms with Crippen LogP contribution in [0.25, 0.3) is 0 Å². The van der Waals surface area contributed by atoms with Crippen LogP contribution >= 0.6 is 0 Å². The van der Waals surface area contributed by atoms with Gasteiger partial charge >= 0.3 is 0 Å². The first-order chi connectivity index (χ1) is 8.69. The Kier molecular flexibility index (Phi) is 3.09. The molecule has 18 heavy (non-hydrogen) atoms. The van der Waals surface area contributed by atoms with Crippen LogP contribution in [0.5, 0.6) is 0 Å². The van der Waals surface area contributed by atoms with Crippen molar-refractivity contribution in [3.05, 3.63) is 12.2 Å². The van der Waals surface area contributed by atoms with E-state index in [-0.39, 0.29) is 5.79 Å². The van der Waals surface area contributed by atoms with Gasteiger partial charge in [-0.25, -0.2) is 9.67 Å². The average Bonchev–Trinajstić information content (AvgIpc) is 3.03. The zero-order valence-corrected chi connectivity index (χ0v) is 11.0. The van der Waals surface area contributed by atoms with Crippen LogP contribution in [-0.2, 0) is 16.0 Å². The Morgan fingerprint density at radius 1 is 1.39 bits per heavy atom. The molecular weight excluding hydrogens is 232 g/mol. The van der Waals surface area contributed by atoms with Gasteiger partial charge in [0.05, 0.1) is 26.3 Å². The lowest BCUT2D eigenvalue weighted by Gasteiger charge is -2.22. The minimum atomic E-state index is -0.345. The SMILES string of the molecule is CC(C)n1ncnc1CN1CCC2(C1)OCCO2. The van der Waals surface area contributed by atoms with Crippen LogP contribution in [0.3, 0.4) is 0 Å². The number of hydrogen-bond donors (Lipinski definition) is 0. The van der Waals surface area contributed by atoms with Crippen molar-refractivity contribution in [3.63, 3.8) is 0 Å². The highest BCUT2D eigenvalue weighted by Gasteiger charge is 2.43. The summed E-state index contributed by atoms with van der Waals surface area (Å²) in [4.78, 5) is 6.67. The molecule has 1 aromatic rings. The van der Waals surface area contributed by atoms with Crippen molar-refractivity contribution >= 4 is 0 Å². The molecule has 1 spiro atoms. The van der Waals surface area contributed by atoms with Crippen molar-refractivity contribution in [2.45, 2.75) is 38.6 Å². The Morgan fingerprint density at radius 3 is 2.89 bits per heavy atom. The summed E-state index contributed by atoms with van der Waals surface area (Å²) in [5.41, 5.74) is 0. The van der Waals surface area contributed by atoms with Gasteiger partial charge in [-0.3, -0.25) is 4.90 Å². The summed E-state index contributed by atoms with van der Waals surface area (Å²) in [6.45, 7) is 8.31. The maximum atomic E-state index is 5.72. The second-order valence-electron chi connectivity index (χ2n) is 5.28. The third kappa shape index (κ3) is 2.15. The summed E-state index contributed by atoms with van der Waals surface area (Å²) < 4.78 is 13.4. The summed E-state index contributed by atoms with van der Waals surface area (Å²) in [6.07, 6.45) is 2.58. The summed E-state index contributed by atoms with van der Waals surface area (Å²) in [6, 6.07) is 0.345. The van der Waals surface area contributed by atoms with E-state index in [1.54, 1.807) is 6.33 Å². The first-order valence-electron chi connectivity index (χ1n) is 6.57. The molecule has 100 valence electrons. The molecule has 3 heterocycles. The molecule has 0 amide bonds. The van der Waals surface area contributed by atoms with Gasteiger partial charge in [-0.2, -0.15) is 5.10 Å². The molecule has 0 unspecified atom stereocenters. The molecular formula is C12H20N4O2. The maximum Gasteiger partial charge on any atom is 0.182 e. The fourth-order valence-corrected chi connectivity index (χ4v) is 2.71. The predicted molar refractivity (Wildman–Crippen MR) is 64.9 cm³/mol. The van der Waals surface area contributed by atoms with Crippen LogP contribution in [0.4, 0.5) is 0 Å². The van der Waals surface area contributed by atoms with Crippen molar-refractivity contribution in [2.24, 2.45) is 0 Å². The highest BCUT2D eigenvalue weighted by molar-refractivity contribution is 4.92. The smallest absolute Gasteiger partial charge is 0.182 e. The standard InChI is InChI=1S/C12H20N4O2/c1-10(2)16-11(13-9-14-16)7-15-4-3-12(8-15)17-5-6-18-12/h9-10H,3-8H2,1-2H3. The van der Waals surface area contributed by atoms with Gasteiger partial charge in [0.1, 0.15) is 12.2 Å². The van der Waals surface area contributed by atoms with Crippen molar-refractivity contribution in [1.29, 1.82) is 0 Å². The Morgan fingerprint density at radius 2 is 2.17 bits per heavy atom. The number of likely N-dealkylation sites (tertiary alicyclic amines) is 1. The molecule has 2 fully saturated rings. The van der Waals surface area contributed by atoms with E-state index in [0.29, 0.717) is 6.04 Å². The number of rotatable bonds is 3. The Hall–Kier alpha value is -0.980. The first kappa shape index (κ1) is 12.1. The van der Waals surface area contributed by atoms with Gasteiger partial charge in [0.15, 0.2) is 5.79 Å².